The Morgan fingerprint density at radius 3 is 2.73 bits per heavy atom. The van der Waals surface area contributed by atoms with Crippen molar-refractivity contribution in [2.45, 2.75) is 44.5 Å². The summed E-state index contributed by atoms with van der Waals surface area (Å²) in [7, 11) is 1.42. The molecular formula is C29H32F3N9O4. The van der Waals surface area contributed by atoms with Crippen LogP contribution in [0.2, 0.25) is 0 Å². The van der Waals surface area contributed by atoms with Crippen LogP contribution in [0.1, 0.15) is 41.9 Å². The number of carbonyl (C=O) groups excluding carboxylic acids is 3. The van der Waals surface area contributed by atoms with Crippen LogP contribution < -0.4 is 21.3 Å². The highest BCUT2D eigenvalue weighted by Crippen LogP contribution is 2.36. The first-order valence-corrected chi connectivity index (χ1v) is 14.2. The smallest absolute Gasteiger partial charge is 0.435 e. The van der Waals surface area contributed by atoms with Crippen molar-refractivity contribution in [2.75, 3.05) is 25.0 Å². The highest BCUT2D eigenvalue weighted by molar-refractivity contribution is 5.96. The summed E-state index contributed by atoms with van der Waals surface area (Å²) in [5.41, 5.74) is 0.458. The highest BCUT2D eigenvalue weighted by Gasteiger charge is 2.40. The predicted octanol–water partition coefficient (Wildman–Crippen LogP) is 2.59. The molecule has 0 spiro atoms. The molecule has 1 saturated heterocycles. The lowest BCUT2D eigenvalue weighted by Gasteiger charge is -2.20. The Morgan fingerprint density at radius 2 is 2.00 bits per heavy atom. The van der Waals surface area contributed by atoms with E-state index in [2.05, 4.69) is 36.3 Å². The van der Waals surface area contributed by atoms with E-state index in [-0.39, 0.29) is 36.2 Å². The van der Waals surface area contributed by atoms with Gasteiger partial charge >= 0.3 is 6.18 Å². The molecule has 1 fully saturated rings. The zero-order chi connectivity index (χ0) is 32.4. The number of aromatic nitrogens is 5. The van der Waals surface area contributed by atoms with Crippen LogP contribution in [0, 0.1) is 0 Å². The molecule has 13 nitrogen and oxygen atoms in total. The SMILES string of the molecule is CCc1cc(Nc2nccn3c(-c4cn(C)nc4C(F)(F)F)cnc23)ccc1C(=O)NCCNC(=O)[C@@H]1C[C@](C)(OC=O)CN1. The van der Waals surface area contributed by atoms with E-state index >= 15 is 0 Å². The quantitative estimate of drug-likeness (QED) is 0.145. The van der Waals surface area contributed by atoms with Gasteiger partial charge in [0.2, 0.25) is 5.91 Å². The maximum atomic E-state index is 13.6. The van der Waals surface area contributed by atoms with Crippen molar-refractivity contribution >= 4 is 35.4 Å². The number of fused-ring (bicyclic) bond motifs is 1. The van der Waals surface area contributed by atoms with Gasteiger partial charge in [-0.15, -0.1) is 0 Å². The summed E-state index contributed by atoms with van der Waals surface area (Å²) >= 11 is 0. The standard InChI is InChI=1S/C29H32F3N9O4/c1-4-17-11-18(5-6-19(17)26(43)34-7-8-35-27(44)21-12-28(2,15-37-21)45-16-42)38-24-25-36-13-22(41(25)10-9-33-24)20-14-40(3)39-23(20)29(30,31)32/h5-6,9-11,13-14,16,21,37H,4,7-8,12,15H2,1-3H3,(H,33,38)(H,34,43)(H,35,44)/t21-,28-/m0/s1. The van der Waals surface area contributed by atoms with Crippen LogP contribution in [-0.2, 0) is 34.0 Å². The summed E-state index contributed by atoms with van der Waals surface area (Å²) < 4.78 is 48.5. The number of amides is 2. The number of rotatable bonds is 11. The van der Waals surface area contributed by atoms with Crippen LogP contribution in [-0.4, -0.2) is 73.7 Å². The average molecular weight is 628 g/mol. The summed E-state index contributed by atoms with van der Waals surface area (Å²) in [5, 5.41) is 15.3. The van der Waals surface area contributed by atoms with Crippen LogP contribution in [0.3, 0.4) is 0 Å². The van der Waals surface area contributed by atoms with Crippen LogP contribution in [0.4, 0.5) is 24.7 Å². The molecule has 4 N–H and O–H groups in total. The van der Waals surface area contributed by atoms with Gasteiger partial charge in [-0.05, 0) is 37.1 Å². The number of imidazole rings is 1. The third-order valence-electron chi connectivity index (χ3n) is 7.51. The Morgan fingerprint density at radius 1 is 1.22 bits per heavy atom. The molecule has 2 amide bonds. The maximum absolute atomic E-state index is 13.6. The van der Waals surface area contributed by atoms with Crippen molar-refractivity contribution in [2.24, 2.45) is 7.05 Å². The number of nitrogens with one attached hydrogen (secondary N) is 4. The van der Waals surface area contributed by atoms with Crippen LogP contribution in [0.25, 0.3) is 16.9 Å². The van der Waals surface area contributed by atoms with E-state index in [1.54, 1.807) is 25.1 Å². The number of hydrogen-bond acceptors (Lipinski definition) is 9. The van der Waals surface area contributed by atoms with Gasteiger partial charge in [0.25, 0.3) is 12.4 Å². The third-order valence-corrected chi connectivity index (χ3v) is 7.51. The minimum absolute atomic E-state index is 0.111. The molecule has 2 atom stereocenters. The fourth-order valence-corrected chi connectivity index (χ4v) is 5.30. The summed E-state index contributed by atoms with van der Waals surface area (Å²) in [6.45, 7) is 4.80. The van der Waals surface area contributed by atoms with Crippen molar-refractivity contribution in [3.63, 3.8) is 0 Å². The summed E-state index contributed by atoms with van der Waals surface area (Å²) in [5.74, 6) is -0.249. The number of halogens is 3. The minimum atomic E-state index is -4.64. The fraction of sp³-hybridized carbons (Fsp3) is 0.379. The van der Waals surface area contributed by atoms with E-state index in [1.807, 2.05) is 6.92 Å². The van der Waals surface area contributed by atoms with Crippen molar-refractivity contribution in [3.05, 3.63) is 59.8 Å². The Balaban J connectivity index is 1.23. The Labute approximate surface area is 255 Å². The van der Waals surface area contributed by atoms with Crippen molar-refractivity contribution in [3.8, 4) is 11.3 Å². The van der Waals surface area contributed by atoms with Gasteiger partial charge < -0.3 is 26.0 Å². The second-order valence-electron chi connectivity index (χ2n) is 10.9. The molecule has 1 aliphatic rings. The van der Waals surface area contributed by atoms with Gasteiger partial charge in [-0.3, -0.25) is 23.5 Å². The largest absolute Gasteiger partial charge is 0.460 e. The Bertz CT molecular complexity index is 1740. The number of alkyl halides is 3. The van der Waals surface area contributed by atoms with E-state index in [0.717, 1.165) is 10.2 Å². The maximum Gasteiger partial charge on any atom is 0.435 e. The molecular weight excluding hydrogens is 595 g/mol. The van der Waals surface area contributed by atoms with E-state index in [0.29, 0.717) is 48.6 Å². The summed E-state index contributed by atoms with van der Waals surface area (Å²) in [6, 6.07) is 4.64. The first-order chi connectivity index (χ1) is 21.4. The van der Waals surface area contributed by atoms with E-state index in [4.69, 9.17) is 4.74 Å². The molecule has 45 heavy (non-hydrogen) atoms. The number of aryl methyl sites for hydroxylation is 2. The average Bonchev–Trinajstić information content (AvgIpc) is 3.72. The number of ether oxygens (including phenoxy) is 1. The molecule has 0 saturated carbocycles. The first-order valence-electron chi connectivity index (χ1n) is 14.2. The lowest BCUT2D eigenvalue weighted by molar-refractivity contribution is -0.141. The zero-order valence-corrected chi connectivity index (χ0v) is 24.7. The molecule has 238 valence electrons. The summed E-state index contributed by atoms with van der Waals surface area (Å²) in [6.07, 6.45) is 1.84. The van der Waals surface area contributed by atoms with Gasteiger partial charge in [-0.25, -0.2) is 9.97 Å². The van der Waals surface area contributed by atoms with E-state index in [1.165, 1.54) is 36.2 Å². The third kappa shape index (κ3) is 6.74. The van der Waals surface area contributed by atoms with Gasteiger partial charge in [-0.2, -0.15) is 18.3 Å². The lowest BCUT2D eigenvalue weighted by atomic mass is 10.0. The minimum Gasteiger partial charge on any atom is -0.460 e. The first kappa shape index (κ1) is 31.4. The van der Waals surface area contributed by atoms with Gasteiger partial charge in [0.15, 0.2) is 17.2 Å². The number of hydrogen-bond donors (Lipinski definition) is 4. The van der Waals surface area contributed by atoms with Gasteiger partial charge in [0.1, 0.15) is 5.60 Å². The predicted molar refractivity (Wildman–Crippen MR) is 157 cm³/mol. The van der Waals surface area contributed by atoms with Crippen LogP contribution >= 0.6 is 0 Å². The molecule has 0 bridgehead atoms. The molecule has 16 heteroatoms. The van der Waals surface area contributed by atoms with Crippen LogP contribution in [0.15, 0.2) is 43.0 Å². The molecule has 3 aromatic heterocycles. The fourth-order valence-electron chi connectivity index (χ4n) is 5.30. The topological polar surface area (TPSA) is 157 Å². The number of carbonyl (C=O) groups is 3. The molecule has 0 unspecified atom stereocenters. The van der Waals surface area contributed by atoms with Gasteiger partial charge in [0.05, 0.1) is 23.5 Å². The van der Waals surface area contributed by atoms with Gasteiger partial charge in [-0.1, -0.05) is 6.92 Å². The molecule has 4 aromatic rings. The molecule has 1 aliphatic heterocycles. The van der Waals surface area contributed by atoms with Crippen molar-refractivity contribution in [1.29, 1.82) is 0 Å². The van der Waals surface area contributed by atoms with Gasteiger partial charge in [0, 0.05) is 62.9 Å². The Kier molecular flexibility index (Phi) is 8.77. The van der Waals surface area contributed by atoms with Crippen molar-refractivity contribution in [1.82, 2.24) is 40.1 Å². The molecule has 0 aliphatic carbocycles. The molecule has 5 rings (SSSR count). The van der Waals surface area contributed by atoms with Crippen molar-refractivity contribution < 1.29 is 32.3 Å². The van der Waals surface area contributed by atoms with E-state index < -0.39 is 23.5 Å². The van der Waals surface area contributed by atoms with Crippen LogP contribution in [0.5, 0.6) is 0 Å². The second kappa shape index (κ2) is 12.6. The molecule has 0 radical (unpaired) electrons. The number of nitrogens with zero attached hydrogens (tertiary/aromatic N) is 5. The molecule has 1 aromatic carbocycles. The second-order valence-corrected chi connectivity index (χ2v) is 10.9. The normalized spacial score (nSPS) is 18.1. The Hall–Kier alpha value is -4.99. The lowest BCUT2D eigenvalue weighted by Crippen LogP contribution is -2.43. The number of anilines is 2. The monoisotopic (exact) mass is 627 g/mol. The highest BCUT2D eigenvalue weighted by atomic mass is 19.4. The zero-order valence-electron chi connectivity index (χ0n) is 24.7. The summed E-state index contributed by atoms with van der Waals surface area (Å²) in [4.78, 5) is 44.7. The van der Waals surface area contributed by atoms with E-state index in [9.17, 15) is 27.6 Å². The number of benzene rings is 1. The molecule has 4 heterocycles.